The minimum Gasteiger partial charge on any atom is -0.481 e. The number of carboxylic acids is 1. The first-order valence-electron chi connectivity index (χ1n) is 6.52. The van der Waals surface area contributed by atoms with Gasteiger partial charge in [-0.25, -0.2) is 0 Å². The van der Waals surface area contributed by atoms with Crippen LogP contribution in [-0.2, 0) is 11.2 Å². The summed E-state index contributed by atoms with van der Waals surface area (Å²) in [6.07, 6.45) is 1.96. The van der Waals surface area contributed by atoms with Crippen molar-refractivity contribution in [2.45, 2.75) is 19.3 Å². The Morgan fingerprint density at radius 1 is 1.33 bits per heavy atom. The highest BCUT2D eigenvalue weighted by Crippen LogP contribution is 2.18. The Morgan fingerprint density at radius 2 is 2.22 bits per heavy atom. The highest BCUT2D eigenvalue weighted by molar-refractivity contribution is 5.67. The summed E-state index contributed by atoms with van der Waals surface area (Å²) in [4.78, 5) is 13.0. The molecule has 98 valence electrons. The van der Waals surface area contributed by atoms with E-state index in [0.29, 0.717) is 6.42 Å². The van der Waals surface area contributed by atoms with E-state index in [4.69, 9.17) is 5.11 Å². The van der Waals surface area contributed by atoms with E-state index in [1.54, 1.807) is 0 Å². The fourth-order valence-electron chi connectivity index (χ4n) is 2.26. The summed E-state index contributed by atoms with van der Waals surface area (Å²) in [6, 6.07) is 8.25. The van der Waals surface area contributed by atoms with Gasteiger partial charge in [-0.3, -0.25) is 4.79 Å². The number of benzene rings is 1. The largest absolute Gasteiger partial charge is 0.481 e. The number of hydrogen-bond acceptors (Lipinski definition) is 3. The molecule has 1 aliphatic heterocycles. The Labute approximate surface area is 108 Å². The summed E-state index contributed by atoms with van der Waals surface area (Å²) < 4.78 is 0. The molecule has 0 bridgehead atoms. The van der Waals surface area contributed by atoms with Gasteiger partial charge in [0.2, 0.25) is 0 Å². The Bertz CT molecular complexity index is 399. The van der Waals surface area contributed by atoms with E-state index in [1.807, 2.05) is 12.1 Å². The number of anilines is 1. The van der Waals surface area contributed by atoms with Crippen LogP contribution in [0.5, 0.6) is 0 Å². The van der Waals surface area contributed by atoms with Crippen LogP contribution in [0.3, 0.4) is 0 Å². The molecule has 1 aromatic carbocycles. The number of nitrogens with zero attached hydrogens (tertiary/aromatic N) is 1. The van der Waals surface area contributed by atoms with E-state index in [0.717, 1.165) is 38.2 Å². The molecule has 2 rings (SSSR count). The van der Waals surface area contributed by atoms with E-state index < -0.39 is 5.97 Å². The first-order valence-corrected chi connectivity index (χ1v) is 6.52. The summed E-state index contributed by atoms with van der Waals surface area (Å²) >= 11 is 0. The standard InChI is InChI=1S/C14H20N2O2/c17-14(18)6-5-12-3-1-4-13(11-12)16-9-2-7-15-8-10-16/h1,3-4,11,15H,2,5-10H2,(H,17,18). The first kappa shape index (κ1) is 12.9. The van der Waals surface area contributed by atoms with Gasteiger partial charge in [-0.15, -0.1) is 0 Å². The van der Waals surface area contributed by atoms with Crippen LogP contribution in [0.1, 0.15) is 18.4 Å². The van der Waals surface area contributed by atoms with Gasteiger partial charge in [0.1, 0.15) is 0 Å². The van der Waals surface area contributed by atoms with Crippen LogP contribution in [0.2, 0.25) is 0 Å². The second-order valence-corrected chi connectivity index (χ2v) is 4.65. The average molecular weight is 248 g/mol. The molecule has 4 nitrogen and oxygen atoms in total. The molecule has 0 aromatic heterocycles. The predicted molar refractivity (Wildman–Crippen MR) is 72.1 cm³/mol. The molecule has 0 spiro atoms. The van der Waals surface area contributed by atoms with Gasteiger partial charge in [-0.1, -0.05) is 12.1 Å². The molecule has 1 aliphatic rings. The zero-order valence-electron chi connectivity index (χ0n) is 10.6. The second-order valence-electron chi connectivity index (χ2n) is 4.65. The molecule has 18 heavy (non-hydrogen) atoms. The maximum atomic E-state index is 10.6. The Hall–Kier alpha value is -1.55. The summed E-state index contributed by atoms with van der Waals surface area (Å²) in [5.74, 6) is -0.737. The Morgan fingerprint density at radius 3 is 3.06 bits per heavy atom. The van der Waals surface area contributed by atoms with Crippen molar-refractivity contribution in [3.8, 4) is 0 Å². The van der Waals surface area contributed by atoms with Crippen molar-refractivity contribution in [1.82, 2.24) is 5.32 Å². The highest BCUT2D eigenvalue weighted by Gasteiger charge is 2.09. The molecule has 1 aromatic rings. The molecule has 4 heteroatoms. The quantitative estimate of drug-likeness (QED) is 0.848. The van der Waals surface area contributed by atoms with E-state index in [-0.39, 0.29) is 6.42 Å². The Balaban J connectivity index is 2.03. The van der Waals surface area contributed by atoms with E-state index in [1.165, 1.54) is 5.69 Å². The van der Waals surface area contributed by atoms with Gasteiger partial charge < -0.3 is 15.3 Å². The van der Waals surface area contributed by atoms with Gasteiger partial charge >= 0.3 is 5.97 Å². The highest BCUT2D eigenvalue weighted by atomic mass is 16.4. The Kier molecular flexibility index (Phi) is 4.59. The molecule has 2 N–H and O–H groups in total. The lowest BCUT2D eigenvalue weighted by Gasteiger charge is -2.22. The molecule has 0 unspecified atom stereocenters. The van der Waals surface area contributed by atoms with Crippen molar-refractivity contribution >= 4 is 11.7 Å². The molecular formula is C14H20N2O2. The third kappa shape index (κ3) is 3.74. The smallest absolute Gasteiger partial charge is 0.303 e. The number of nitrogens with one attached hydrogen (secondary N) is 1. The second kappa shape index (κ2) is 6.40. The lowest BCUT2D eigenvalue weighted by atomic mass is 10.1. The maximum absolute atomic E-state index is 10.6. The van der Waals surface area contributed by atoms with Gasteiger partial charge in [-0.05, 0) is 37.1 Å². The van der Waals surface area contributed by atoms with Crippen LogP contribution in [0.4, 0.5) is 5.69 Å². The number of carboxylic acid groups (broad SMARTS) is 1. The molecule has 0 amide bonds. The fourth-order valence-corrected chi connectivity index (χ4v) is 2.26. The normalized spacial score (nSPS) is 16.3. The van der Waals surface area contributed by atoms with Crippen LogP contribution in [0.15, 0.2) is 24.3 Å². The number of rotatable bonds is 4. The van der Waals surface area contributed by atoms with Crippen molar-refractivity contribution in [3.63, 3.8) is 0 Å². The van der Waals surface area contributed by atoms with E-state index >= 15 is 0 Å². The first-order chi connectivity index (χ1) is 8.75. The van der Waals surface area contributed by atoms with Gasteiger partial charge in [0.15, 0.2) is 0 Å². The fraction of sp³-hybridized carbons (Fsp3) is 0.500. The molecule has 0 atom stereocenters. The predicted octanol–water partition coefficient (Wildman–Crippen LogP) is 1.50. The van der Waals surface area contributed by atoms with Crippen molar-refractivity contribution in [2.75, 3.05) is 31.1 Å². The summed E-state index contributed by atoms with van der Waals surface area (Å²) in [5.41, 5.74) is 2.31. The lowest BCUT2D eigenvalue weighted by molar-refractivity contribution is -0.136. The summed E-state index contributed by atoms with van der Waals surface area (Å²) in [7, 11) is 0. The number of carbonyl (C=O) groups is 1. The zero-order valence-corrected chi connectivity index (χ0v) is 10.6. The van der Waals surface area contributed by atoms with Crippen molar-refractivity contribution in [2.24, 2.45) is 0 Å². The van der Waals surface area contributed by atoms with Gasteiger partial charge in [-0.2, -0.15) is 0 Å². The molecular weight excluding hydrogens is 228 g/mol. The lowest BCUT2D eigenvalue weighted by Crippen LogP contribution is -2.27. The van der Waals surface area contributed by atoms with Gasteiger partial charge in [0.05, 0.1) is 0 Å². The van der Waals surface area contributed by atoms with Crippen LogP contribution >= 0.6 is 0 Å². The average Bonchev–Trinajstić information content (AvgIpc) is 2.65. The zero-order chi connectivity index (χ0) is 12.8. The SMILES string of the molecule is O=C(O)CCc1cccc(N2CCCNCC2)c1. The topological polar surface area (TPSA) is 52.6 Å². The minimum atomic E-state index is -0.737. The number of aryl methyl sites for hydroxylation is 1. The van der Waals surface area contributed by atoms with Gasteiger partial charge in [0.25, 0.3) is 0 Å². The molecule has 1 saturated heterocycles. The van der Waals surface area contributed by atoms with Crippen molar-refractivity contribution < 1.29 is 9.90 Å². The number of hydrogen-bond donors (Lipinski definition) is 2. The van der Waals surface area contributed by atoms with Crippen LogP contribution in [0.25, 0.3) is 0 Å². The third-order valence-corrected chi connectivity index (χ3v) is 3.24. The maximum Gasteiger partial charge on any atom is 0.303 e. The van der Waals surface area contributed by atoms with Crippen LogP contribution in [-0.4, -0.2) is 37.3 Å². The molecule has 0 aliphatic carbocycles. The number of aliphatic carboxylic acids is 1. The van der Waals surface area contributed by atoms with E-state index in [9.17, 15) is 4.79 Å². The van der Waals surface area contributed by atoms with Gasteiger partial charge in [0, 0.05) is 31.7 Å². The monoisotopic (exact) mass is 248 g/mol. The molecule has 1 heterocycles. The molecule has 0 saturated carbocycles. The molecule has 0 radical (unpaired) electrons. The van der Waals surface area contributed by atoms with Crippen LogP contribution in [0, 0.1) is 0 Å². The minimum absolute atomic E-state index is 0.199. The van der Waals surface area contributed by atoms with Crippen molar-refractivity contribution in [3.05, 3.63) is 29.8 Å². The summed E-state index contributed by atoms with van der Waals surface area (Å²) in [6.45, 7) is 4.17. The molecule has 1 fully saturated rings. The van der Waals surface area contributed by atoms with Crippen molar-refractivity contribution in [1.29, 1.82) is 0 Å². The van der Waals surface area contributed by atoms with E-state index in [2.05, 4.69) is 22.3 Å². The third-order valence-electron chi connectivity index (χ3n) is 3.24. The summed E-state index contributed by atoms with van der Waals surface area (Å²) in [5, 5.41) is 12.1. The van der Waals surface area contributed by atoms with Crippen LogP contribution < -0.4 is 10.2 Å².